The zero-order valence-corrected chi connectivity index (χ0v) is 15.5. The Kier molecular flexibility index (Phi) is 7.53. The molecule has 1 aromatic carbocycles. The molecule has 23 heavy (non-hydrogen) atoms. The summed E-state index contributed by atoms with van der Waals surface area (Å²) in [6, 6.07) is 8.80. The molecule has 0 saturated carbocycles. The number of nitrogens with one attached hydrogen (secondary N) is 1. The molecule has 4 heteroatoms. The second-order valence-electron chi connectivity index (χ2n) is 6.05. The topological polar surface area (TPSA) is 34.1 Å². The normalized spacial score (nSPS) is 10.5. The molecule has 1 heterocycles. The molecule has 126 valence electrons. The fourth-order valence-corrected chi connectivity index (χ4v) is 2.59. The van der Waals surface area contributed by atoms with Crippen molar-refractivity contribution in [1.82, 2.24) is 10.3 Å². The van der Waals surface area contributed by atoms with E-state index in [0.717, 1.165) is 35.7 Å². The van der Waals surface area contributed by atoms with Crippen LogP contribution in [0.2, 0.25) is 0 Å². The summed E-state index contributed by atoms with van der Waals surface area (Å²) < 4.78 is 5.45. The van der Waals surface area contributed by atoms with E-state index in [1.165, 1.54) is 11.1 Å². The lowest BCUT2D eigenvalue weighted by atomic mass is 10.0. The number of methoxy groups -OCH3 is 1. The summed E-state index contributed by atoms with van der Waals surface area (Å²) in [5, 5.41) is 3.46. The van der Waals surface area contributed by atoms with E-state index in [4.69, 9.17) is 4.74 Å². The molecule has 0 aliphatic carbocycles. The molecule has 0 fully saturated rings. The zero-order valence-electron chi connectivity index (χ0n) is 14.6. The molecule has 0 aliphatic heterocycles. The van der Waals surface area contributed by atoms with Gasteiger partial charge in [0.15, 0.2) is 0 Å². The van der Waals surface area contributed by atoms with Crippen LogP contribution in [0.3, 0.4) is 0 Å². The molecule has 0 spiro atoms. The molecule has 1 N–H and O–H groups in total. The van der Waals surface area contributed by atoms with E-state index in [1.54, 1.807) is 7.11 Å². The van der Waals surface area contributed by atoms with Crippen LogP contribution in [0.1, 0.15) is 47.7 Å². The van der Waals surface area contributed by atoms with Crippen LogP contribution >= 0.6 is 12.4 Å². The molecule has 0 atom stereocenters. The molecule has 1 aromatic heterocycles. The lowest BCUT2D eigenvalue weighted by Crippen LogP contribution is -2.15. The van der Waals surface area contributed by atoms with Gasteiger partial charge in [-0.2, -0.15) is 0 Å². The van der Waals surface area contributed by atoms with Gasteiger partial charge in [-0.15, -0.1) is 12.4 Å². The molecule has 0 radical (unpaired) electrons. The van der Waals surface area contributed by atoms with Crippen molar-refractivity contribution in [2.45, 2.75) is 46.7 Å². The first-order valence-electron chi connectivity index (χ1n) is 7.81. The number of aryl methyl sites for hydroxylation is 1. The van der Waals surface area contributed by atoms with Gasteiger partial charge < -0.3 is 10.1 Å². The third-order valence-corrected chi connectivity index (χ3v) is 4.02. The zero-order chi connectivity index (χ0) is 16.1. The highest BCUT2D eigenvalue weighted by molar-refractivity contribution is 5.85. The number of ether oxygens (including phenoxy) is 1. The molecular formula is C19H27ClN2O. The van der Waals surface area contributed by atoms with Gasteiger partial charge in [0.25, 0.3) is 0 Å². The lowest BCUT2D eigenvalue weighted by Gasteiger charge is -2.13. The SMILES string of the molecule is COc1c(C)cnc(CNCc2ccc(C(C)C)cc2)c1C.Cl. The second-order valence-corrected chi connectivity index (χ2v) is 6.05. The number of rotatable bonds is 6. The van der Waals surface area contributed by atoms with E-state index in [0.29, 0.717) is 5.92 Å². The average molecular weight is 335 g/mol. The Balaban J connectivity index is 0.00000264. The first-order valence-corrected chi connectivity index (χ1v) is 7.81. The summed E-state index contributed by atoms with van der Waals surface area (Å²) in [5.74, 6) is 1.52. The van der Waals surface area contributed by atoms with Crippen molar-refractivity contribution in [3.05, 3.63) is 58.4 Å². The van der Waals surface area contributed by atoms with Crippen LogP contribution in [0.15, 0.2) is 30.5 Å². The summed E-state index contributed by atoms with van der Waals surface area (Å²) in [6.07, 6.45) is 1.88. The lowest BCUT2D eigenvalue weighted by molar-refractivity contribution is 0.406. The first kappa shape index (κ1) is 19.5. The molecule has 2 aromatic rings. The van der Waals surface area contributed by atoms with Crippen molar-refractivity contribution in [2.24, 2.45) is 0 Å². The summed E-state index contributed by atoms with van der Waals surface area (Å²) in [5.41, 5.74) is 5.91. The average Bonchev–Trinajstić information content (AvgIpc) is 2.50. The van der Waals surface area contributed by atoms with Crippen LogP contribution in [0.4, 0.5) is 0 Å². The van der Waals surface area contributed by atoms with Crippen molar-refractivity contribution >= 4 is 12.4 Å². The van der Waals surface area contributed by atoms with Crippen molar-refractivity contribution < 1.29 is 4.74 Å². The predicted molar refractivity (Wildman–Crippen MR) is 98.6 cm³/mol. The van der Waals surface area contributed by atoms with Crippen molar-refractivity contribution in [3.8, 4) is 5.75 Å². The molecule has 0 saturated heterocycles. The number of hydrogen-bond donors (Lipinski definition) is 1. The highest BCUT2D eigenvalue weighted by atomic mass is 35.5. The largest absolute Gasteiger partial charge is 0.496 e. The molecular weight excluding hydrogens is 308 g/mol. The minimum atomic E-state index is 0. The van der Waals surface area contributed by atoms with Gasteiger partial charge >= 0.3 is 0 Å². The molecule has 0 amide bonds. The highest BCUT2D eigenvalue weighted by Gasteiger charge is 2.09. The van der Waals surface area contributed by atoms with Crippen LogP contribution < -0.4 is 10.1 Å². The number of aromatic nitrogens is 1. The van der Waals surface area contributed by atoms with E-state index in [1.807, 2.05) is 13.1 Å². The van der Waals surface area contributed by atoms with Gasteiger partial charge in [0.1, 0.15) is 5.75 Å². The third kappa shape index (κ3) is 4.95. The Hall–Kier alpha value is -1.58. The van der Waals surface area contributed by atoms with E-state index >= 15 is 0 Å². The number of nitrogens with zero attached hydrogens (tertiary/aromatic N) is 1. The van der Waals surface area contributed by atoms with Crippen LogP contribution in [-0.2, 0) is 13.1 Å². The summed E-state index contributed by atoms with van der Waals surface area (Å²) in [4.78, 5) is 4.51. The Morgan fingerprint density at radius 2 is 1.74 bits per heavy atom. The fraction of sp³-hybridized carbons (Fsp3) is 0.421. The molecule has 0 aliphatic rings. The summed E-state index contributed by atoms with van der Waals surface area (Å²) in [6.45, 7) is 10.1. The Labute approximate surface area is 145 Å². The van der Waals surface area contributed by atoms with Crippen molar-refractivity contribution in [1.29, 1.82) is 0 Å². The van der Waals surface area contributed by atoms with Gasteiger partial charge in [0.2, 0.25) is 0 Å². The molecule has 3 nitrogen and oxygen atoms in total. The van der Waals surface area contributed by atoms with Gasteiger partial charge in [-0.05, 0) is 30.9 Å². The monoisotopic (exact) mass is 334 g/mol. The fourth-order valence-electron chi connectivity index (χ4n) is 2.59. The molecule has 0 bridgehead atoms. The van der Waals surface area contributed by atoms with Crippen molar-refractivity contribution in [3.63, 3.8) is 0 Å². The highest BCUT2D eigenvalue weighted by Crippen LogP contribution is 2.23. The second kappa shape index (κ2) is 8.90. The van der Waals surface area contributed by atoms with Crippen molar-refractivity contribution in [2.75, 3.05) is 7.11 Å². The van der Waals surface area contributed by atoms with E-state index in [2.05, 4.69) is 55.3 Å². The quantitative estimate of drug-likeness (QED) is 0.842. The smallest absolute Gasteiger partial charge is 0.128 e. The van der Waals surface area contributed by atoms with E-state index in [-0.39, 0.29) is 12.4 Å². The minimum absolute atomic E-state index is 0. The van der Waals surface area contributed by atoms with Gasteiger partial charge in [-0.25, -0.2) is 0 Å². The number of benzene rings is 1. The maximum absolute atomic E-state index is 5.45. The third-order valence-electron chi connectivity index (χ3n) is 4.02. The summed E-state index contributed by atoms with van der Waals surface area (Å²) in [7, 11) is 1.71. The molecule has 2 rings (SSSR count). The number of hydrogen-bond acceptors (Lipinski definition) is 3. The van der Waals surface area contributed by atoms with E-state index < -0.39 is 0 Å². The van der Waals surface area contributed by atoms with Crippen LogP contribution in [0.5, 0.6) is 5.75 Å². The first-order chi connectivity index (χ1) is 10.5. The number of halogens is 1. The minimum Gasteiger partial charge on any atom is -0.496 e. The van der Waals surface area contributed by atoms with Crippen LogP contribution in [0, 0.1) is 13.8 Å². The molecule has 0 unspecified atom stereocenters. The van der Waals surface area contributed by atoms with Gasteiger partial charge in [0, 0.05) is 30.4 Å². The maximum Gasteiger partial charge on any atom is 0.128 e. The number of pyridine rings is 1. The predicted octanol–water partition coefficient (Wildman–Crippen LogP) is 4.54. The maximum atomic E-state index is 5.45. The Bertz CT molecular complexity index is 624. The standard InChI is InChI=1S/C19H26N2O.ClH/c1-13(2)17-8-6-16(7-9-17)11-20-12-18-15(4)19(22-5)14(3)10-21-18;/h6-10,13,20H,11-12H2,1-5H3;1H. The van der Waals surface area contributed by atoms with Gasteiger partial charge in [-0.3, -0.25) is 4.98 Å². The summed E-state index contributed by atoms with van der Waals surface area (Å²) >= 11 is 0. The van der Waals surface area contributed by atoms with Gasteiger partial charge in [-0.1, -0.05) is 38.1 Å². The van der Waals surface area contributed by atoms with Gasteiger partial charge in [0.05, 0.1) is 12.8 Å². The van der Waals surface area contributed by atoms with Crippen LogP contribution in [-0.4, -0.2) is 12.1 Å². The Morgan fingerprint density at radius 1 is 1.09 bits per heavy atom. The van der Waals surface area contributed by atoms with E-state index in [9.17, 15) is 0 Å². The Morgan fingerprint density at radius 3 is 2.30 bits per heavy atom. The van der Waals surface area contributed by atoms with Crippen LogP contribution in [0.25, 0.3) is 0 Å².